The monoisotopic (exact) mass is 268 g/mol. The van der Waals surface area contributed by atoms with E-state index >= 15 is 0 Å². The molecule has 0 amide bonds. The van der Waals surface area contributed by atoms with E-state index in [1.807, 2.05) is 6.20 Å². The molecule has 0 bridgehead atoms. The van der Waals surface area contributed by atoms with E-state index in [2.05, 4.69) is 45.3 Å². The fourth-order valence-corrected chi connectivity index (χ4v) is 2.11. The van der Waals surface area contributed by atoms with Crippen molar-refractivity contribution in [2.75, 3.05) is 13.1 Å². The summed E-state index contributed by atoms with van der Waals surface area (Å²) in [6.45, 7) is 4.37. The van der Waals surface area contributed by atoms with Crippen LogP contribution in [0.3, 0.4) is 0 Å². The quantitative estimate of drug-likeness (QED) is 0.889. The number of nitrogens with one attached hydrogen (secondary N) is 1. The van der Waals surface area contributed by atoms with E-state index in [-0.39, 0.29) is 0 Å². The van der Waals surface area contributed by atoms with Crippen LogP contribution in [0, 0.1) is 5.41 Å². The van der Waals surface area contributed by atoms with Crippen molar-refractivity contribution in [2.24, 2.45) is 5.41 Å². The molecule has 0 spiro atoms. The van der Waals surface area contributed by atoms with Gasteiger partial charge in [-0.1, -0.05) is 6.92 Å². The van der Waals surface area contributed by atoms with Gasteiger partial charge in [0.05, 0.1) is 0 Å². The molecule has 2 rings (SSSR count). The second-order valence-corrected chi connectivity index (χ2v) is 5.34. The summed E-state index contributed by atoms with van der Waals surface area (Å²) in [5.74, 6) is 0. The number of nitrogens with zero attached hydrogens (tertiary/aromatic N) is 1. The molecule has 0 radical (unpaired) electrons. The Bertz CT molecular complexity index is 317. The van der Waals surface area contributed by atoms with Crippen molar-refractivity contribution in [3.63, 3.8) is 0 Å². The fourth-order valence-electron chi connectivity index (χ4n) is 1.88. The number of aromatic nitrogens is 1. The molecule has 82 valence electrons. The second-order valence-electron chi connectivity index (χ2n) is 4.42. The maximum absolute atomic E-state index is 4.44. The summed E-state index contributed by atoms with van der Waals surface area (Å²) in [6, 6.07) is 4.20. The summed E-state index contributed by atoms with van der Waals surface area (Å²) < 4.78 is 1.06. The molecule has 1 aliphatic carbocycles. The Morgan fingerprint density at radius 1 is 1.47 bits per heavy atom. The molecule has 1 aliphatic rings. The Labute approximate surface area is 99.6 Å². The molecule has 0 aliphatic heterocycles. The van der Waals surface area contributed by atoms with Crippen molar-refractivity contribution in [3.05, 3.63) is 28.5 Å². The predicted molar refractivity (Wildman–Crippen MR) is 65.9 cm³/mol. The zero-order valence-corrected chi connectivity index (χ0v) is 10.7. The van der Waals surface area contributed by atoms with E-state index in [1.54, 1.807) is 0 Å². The van der Waals surface area contributed by atoms with Gasteiger partial charge < -0.3 is 5.32 Å². The molecule has 0 saturated heterocycles. The van der Waals surface area contributed by atoms with E-state index in [9.17, 15) is 0 Å². The smallest absolute Gasteiger partial charge is 0.0413 e. The van der Waals surface area contributed by atoms with Gasteiger partial charge in [-0.2, -0.15) is 0 Å². The maximum Gasteiger partial charge on any atom is 0.0413 e. The van der Waals surface area contributed by atoms with Crippen LogP contribution in [-0.2, 0) is 6.42 Å². The second kappa shape index (κ2) is 4.62. The third-order valence-electron chi connectivity index (χ3n) is 3.05. The number of halogens is 1. The summed E-state index contributed by atoms with van der Waals surface area (Å²) in [5, 5.41) is 3.45. The van der Waals surface area contributed by atoms with Crippen molar-refractivity contribution >= 4 is 15.9 Å². The largest absolute Gasteiger partial charge is 0.316 e. The Balaban J connectivity index is 1.93. The molecule has 3 heteroatoms. The van der Waals surface area contributed by atoms with E-state index in [4.69, 9.17) is 0 Å². The first-order chi connectivity index (χ1) is 7.24. The molecule has 1 heterocycles. The van der Waals surface area contributed by atoms with E-state index in [0.29, 0.717) is 5.41 Å². The van der Waals surface area contributed by atoms with Gasteiger partial charge in [-0.05, 0) is 59.3 Å². The zero-order valence-electron chi connectivity index (χ0n) is 9.09. The van der Waals surface area contributed by atoms with Crippen molar-refractivity contribution in [1.82, 2.24) is 10.3 Å². The molecule has 1 saturated carbocycles. The molecular weight excluding hydrogens is 252 g/mol. The molecule has 1 N–H and O–H groups in total. The maximum atomic E-state index is 4.44. The summed E-state index contributed by atoms with van der Waals surface area (Å²) >= 11 is 3.41. The SMILES string of the molecule is CCNCC1(Cc2ccc(Br)cn2)CC1. The number of hydrogen-bond donors (Lipinski definition) is 1. The van der Waals surface area contributed by atoms with Gasteiger partial charge in [0.2, 0.25) is 0 Å². The van der Waals surface area contributed by atoms with Gasteiger partial charge in [-0.15, -0.1) is 0 Å². The van der Waals surface area contributed by atoms with Crippen LogP contribution in [0.1, 0.15) is 25.5 Å². The fraction of sp³-hybridized carbons (Fsp3) is 0.583. The predicted octanol–water partition coefficient (Wildman–Crippen LogP) is 2.78. The first-order valence-electron chi connectivity index (χ1n) is 5.55. The highest BCUT2D eigenvalue weighted by Crippen LogP contribution is 2.47. The Morgan fingerprint density at radius 2 is 2.27 bits per heavy atom. The van der Waals surface area contributed by atoms with Gasteiger partial charge in [-0.25, -0.2) is 0 Å². The Hall–Kier alpha value is -0.410. The van der Waals surface area contributed by atoms with Crippen LogP contribution in [0.4, 0.5) is 0 Å². The minimum atomic E-state index is 0.511. The summed E-state index contributed by atoms with van der Waals surface area (Å²) in [7, 11) is 0. The van der Waals surface area contributed by atoms with Crippen molar-refractivity contribution < 1.29 is 0 Å². The Morgan fingerprint density at radius 3 is 2.80 bits per heavy atom. The van der Waals surface area contributed by atoms with Crippen LogP contribution in [0.2, 0.25) is 0 Å². The van der Waals surface area contributed by atoms with E-state index in [0.717, 1.165) is 24.0 Å². The van der Waals surface area contributed by atoms with E-state index in [1.165, 1.54) is 18.5 Å². The lowest BCUT2D eigenvalue weighted by atomic mass is 10.00. The summed E-state index contributed by atoms with van der Waals surface area (Å²) in [6.07, 6.45) is 5.70. The third-order valence-corrected chi connectivity index (χ3v) is 3.52. The van der Waals surface area contributed by atoms with Gasteiger partial charge in [0.15, 0.2) is 0 Å². The highest BCUT2D eigenvalue weighted by atomic mass is 79.9. The van der Waals surface area contributed by atoms with Crippen LogP contribution in [0.25, 0.3) is 0 Å². The normalized spacial score (nSPS) is 17.7. The first-order valence-corrected chi connectivity index (χ1v) is 6.35. The number of hydrogen-bond acceptors (Lipinski definition) is 2. The van der Waals surface area contributed by atoms with Crippen molar-refractivity contribution in [1.29, 1.82) is 0 Å². The van der Waals surface area contributed by atoms with Gasteiger partial charge in [-0.3, -0.25) is 4.98 Å². The minimum absolute atomic E-state index is 0.511. The average molecular weight is 269 g/mol. The van der Waals surface area contributed by atoms with Crippen molar-refractivity contribution in [2.45, 2.75) is 26.2 Å². The zero-order chi connectivity index (χ0) is 10.7. The molecule has 2 nitrogen and oxygen atoms in total. The Kier molecular flexibility index (Phi) is 3.42. The van der Waals surface area contributed by atoms with Crippen LogP contribution in [0.15, 0.2) is 22.8 Å². The highest BCUT2D eigenvalue weighted by Gasteiger charge is 2.42. The van der Waals surface area contributed by atoms with Gasteiger partial charge in [0.1, 0.15) is 0 Å². The third kappa shape index (κ3) is 3.02. The average Bonchev–Trinajstić information content (AvgIpc) is 3.00. The van der Waals surface area contributed by atoms with Crippen LogP contribution < -0.4 is 5.32 Å². The van der Waals surface area contributed by atoms with Crippen LogP contribution >= 0.6 is 15.9 Å². The van der Waals surface area contributed by atoms with E-state index < -0.39 is 0 Å². The highest BCUT2D eigenvalue weighted by molar-refractivity contribution is 9.10. The molecular formula is C12H17BrN2. The van der Waals surface area contributed by atoms with Gasteiger partial charge in [0, 0.05) is 22.9 Å². The summed E-state index contributed by atoms with van der Waals surface area (Å²) in [4.78, 5) is 4.44. The molecule has 1 aromatic rings. The minimum Gasteiger partial charge on any atom is -0.316 e. The molecule has 0 aromatic carbocycles. The molecule has 1 aromatic heterocycles. The lowest BCUT2D eigenvalue weighted by Gasteiger charge is -2.14. The van der Waals surface area contributed by atoms with Crippen LogP contribution in [-0.4, -0.2) is 18.1 Å². The topological polar surface area (TPSA) is 24.9 Å². The molecule has 15 heavy (non-hydrogen) atoms. The summed E-state index contributed by atoms with van der Waals surface area (Å²) in [5.41, 5.74) is 1.73. The lowest BCUT2D eigenvalue weighted by molar-refractivity contribution is 0.458. The number of rotatable bonds is 5. The van der Waals surface area contributed by atoms with Crippen LogP contribution in [0.5, 0.6) is 0 Å². The molecule has 0 unspecified atom stereocenters. The first kappa shape index (κ1) is 11.1. The molecule has 1 fully saturated rings. The van der Waals surface area contributed by atoms with Crippen molar-refractivity contribution in [3.8, 4) is 0 Å². The number of pyridine rings is 1. The standard InChI is InChI=1S/C12H17BrN2/c1-2-14-9-12(5-6-12)7-11-4-3-10(13)8-15-11/h3-4,8,14H,2,5-7,9H2,1H3. The van der Waals surface area contributed by atoms with Gasteiger partial charge in [0.25, 0.3) is 0 Å². The lowest BCUT2D eigenvalue weighted by Crippen LogP contribution is -2.25. The molecule has 0 atom stereocenters. The van der Waals surface area contributed by atoms with Gasteiger partial charge >= 0.3 is 0 Å².